The van der Waals surface area contributed by atoms with Gasteiger partial charge in [-0.2, -0.15) is 11.8 Å². The maximum absolute atomic E-state index is 13.0. The zero-order valence-electron chi connectivity index (χ0n) is 8.94. The fraction of sp³-hybridized carbons (Fsp3) is 0.400. The Morgan fingerprint density at radius 1 is 1.44 bits per heavy atom. The predicted molar refractivity (Wildman–Crippen MR) is 66.7 cm³/mol. The summed E-state index contributed by atoms with van der Waals surface area (Å²) in [6.45, 7) is 0. The minimum atomic E-state index is -2.91. The Morgan fingerprint density at radius 2 is 2.12 bits per heavy atom. The lowest BCUT2D eigenvalue weighted by Crippen LogP contribution is -2.05. The number of benzene rings is 1. The van der Waals surface area contributed by atoms with Crippen LogP contribution in [0.25, 0.3) is 0 Å². The van der Waals surface area contributed by atoms with Crippen molar-refractivity contribution < 1.29 is 12.8 Å². The zero-order valence-corrected chi connectivity index (χ0v) is 10.6. The SMILES string of the molecule is CS(=O)(=O)CCSCc1ccc(N)c(F)c1. The minimum Gasteiger partial charge on any atom is -0.396 e. The van der Waals surface area contributed by atoms with Crippen molar-refractivity contribution in [1.82, 2.24) is 0 Å². The molecule has 0 bridgehead atoms. The van der Waals surface area contributed by atoms with E-state index in [0.29, 0.717) is 11.5 Å². The molecule has 0 aliphatic carbocycles. The van der Waals surface area contributed by atoms with Crippen LogP contribution in [0, 0.1) is 5.82 Å². The molecule has 1 aromatic rings. The monoisotopic (exact) mass is 263 g/mol. The van der Waals surface area contributed by atoms with Gasteiger partial charge in [-0.15, -0.1) is 0 Å². The quantitative estimate of drug-likeness (QED) is 0.648. The van der Waals surface area contributed by atoms with Gasteiger partial charge in [0.25, 0.3) is 0 Å². The summed E-state index contributed by atoms with van der Waals surface area (Å²) in [5.74, 6) is 0.827. The van der Waals surface area contributed by atoms with E-state index in [9.17, 15) is 12.8 Å². The van der Waals surface area contributed by atoms with Gasteiger partial charge in [0.2, 0.25) is 0 Å². The van der Waals surface area contributed by atoms with Gasteiger partial charge >= 0.3 is 0 Å². The molecular formula is C10H14FNO2S2. The molecule has 0 aliphatic rings. The van der Waals surface area contributed by atoms with Crippen LogP contribution in [0.5, 0.6) is 0 Å². The summed E-state index contributed by atoms with van der Waals surface area (Å²) in [6, 6.07) is 4.64. The number of sulfone groups is 1. The van der Waals surface area contributed by atoms with Gasteiger partial charge in [-0.1, -0.05) is 6.07 Å². The second-order valence-corrected chi connectivity index (χ2v) is 6.90. The third kappa shape index (κ3) is 4.85. The Hall–Kier alpha value is -0.750. The molecule has 3 nitrogen and oxygen atoms in total. The second kappa shape index (κ2) is 5.54. The second-order valence-electron chi connectivity index (χ2n) is 3.54. The van der Waals surface area contributed by atoms with Gasteiger partial charge in [0.15, 0.2) is 0 Å². The Balaban J connectivity index is 2.41. The molecule has 0 heterocycles. The van der Waals surface area contributed by atoms with Gasteiger partial charge in [0.1, 0.15) is 15.7 Å². The molecule has 0 fully saturated rings. The van der Waals surface area contributed by atoms with Crippen molar-refractivity contribution in [2.45, 2.75) is 5.75 Å². The molecule has 0 amide bonds. The van der Waals surface area contributed by atoms with Crippen LogP contribution in [-0.4, -0.2) is 26.2 Å². The normalized spacial score (nSPS) is 11.6. The standard InChI is InChI=1S/C10H14FNO2S2/c1-16(13,14)5-4-15-7-8-2-3-10(12)9(11)6-8/h2-3,6H,4-5,7,12H2,1H3. The lowest BCUT2D eigenvalue weighted by atomic mass is 10.2. The third-order valence-corrected chi connectivity index (χ3v) is 4.17. The Kier molecular flexibility index (Phi) is 4.61. The molecule has 0 aromatic heterocycles. The molecule has 2 N–H and O–H groups in total. The first-order chi connectivity index (χ1) is 7.38. The topological polar surface area (TPSA) is 60.2 Å². The smallest absolute Gasteiger partial charge is 0.148 e. The van der Waals surface area contributed by atoms with Gasteiger partial charge in [-0.05, 0) is 17.7 Å². The third-order valence-electron chi connectivity index (χ3n) is 1.93. The molecule has 16 heavy (non-hydrogen) atoms. The Bertz CT molecular complexity index is 460. The van der Waals surface area contributed by atoms with Crippen molar-refractivity contribution in [2.24, 2.45) is 0 Å². The van der Waals surface area contributed by atoms with Crippen molar-refractivity contribution >= 4 is 27.3 Å². The van der Waals surface area contributed by atoms with Crippen molar-refractivity contribution in [3.8, 4) is 0 Å². The van der Waals surface area contributed by atoms with E-state index >= 15 is 0 Å². The Labute approximate surface area is 99.1 Å². The van der Waals surface area contributed by atoms with Crippen LogP contribution < -0.4 is 5.73 Å². The highest BCUT2D eigenvalue weighted by Gasteiger charge is 2.03. The lowest BCUT2D eigenvalue weighted by Gasteiger charge is -2.03. The summed E-state index contributed by atoms with van der Waals surface area (Å²) >= 11 is 1.46. The maximum Gasteiger partial charge on any atom is 0.148 e. The zero-order chi connectivity index (χ0) is 12.2. The summed E-state index contributed by atoms with van der Waals surface area (Å²) in [5.41, 5.74) is 6.28. The van der Waals surface area contributed by atoms with E-state index in [1.807, 2.05) is 0 Å². The number of thioether (sulfide) groups is 1. The number of hydrogen-bond donors (Lipinski definition) is 1. The van der Waals surface area contributed by atoms with Gasteiger partial charge < -0.3 is 5.73 Å². The highest BCUT2D eigenvalue weighted by Crippen LogP contribution is 2.17. The predicted octanol–water partition coefficient (Wildman–Crippen LogP) is 1.69. The van der Waals surface area contributed by atoms with Crippen LogP contribution in [0.3, 0.4) is 0 Å². The lowest BCUT2D eigenvalue weighted by molar-refractivity contribution is 0.603. The summed E-state index contributed by atoms with van der Waals surface area (Å²) in [7, 11) is -2.91. The van der Waals surface area contributed by atoms with Crippen LogP contribution >= 0.6 is 11.8 Å². The van der Waals surface area contributed by atoms with Crippen LogP contribution in [0.2, 0.25) is 0 Å². The molecule has 1 aromatic carbocycles. The summed E-state index contributed by atoms with van der Waals surface area (Å²) in [5, 5.41) is 0. The summed E-state index contributed by atoms with van der Waals surface area (Å²) in [4.78, 5) is 0. The van der Waals surface area contributed by atoms with Gasteiger partial charge in [0, 0.05) is 17.8 Å². The average molecular weight is 263 g/mol. The van der Waals surface area contributed by atoms with Crippen LogP contribution in [0.1, 0.15) is 5.56 Å². The molecule has 0 saturated heterocycles. The van der Waals surface area contributed by atoms with E-state index in [0.717, 1.165) is 5.56 Å². The first-order valence-electron chi connectivity index (χ1n) is 4.68. The highest BCUT2D eigenvalue weighted by atomic mass is 32.2. The molecule has 0 unspecified atom stereocenters. The van der Waals surface area contributed by atoms with E-state index in [-0.39, 0.29) is 11.4 Å². The molecule has 0 aliphatic heterocycles. The van der Waals surface area contributed by atoms with Crippen molar-refractivity contribution in [1.29, 1.82) is 0 Å². The first-order valence-corrected chi connectivity index (χ1v) is 7.89. The maximum atomic E-state index is 13.0. The highest BCUT2D eigenvalue weighted by molar-refractivity contribution is 7.99. The van der Waals surface area contributed by atoms with Crippen molar-refractivity contribution in [3.05, 3.63) is 29.6 Å². The molecule has 0 spiro atoms. The molecule has 0 radical (unpaired) electrons. The van der Waals surface area contributed by atoms with E-state index in [4.69, 9.17) is 5.73 Å². The molecule has 90 valence electrons. The number of halogens is 1. The van der Waals surface area contributed by atoms with Crippen LogP contribution in [0.15, 0.2) is 18.2 Å². The summed E-state index contributed by atoms with van der Waals surface area (Å²) < 4.78 is 34.8. The molecular weight excluding hydrogens is 249 g/mol. The first kappa shape index (κ1) is 13.3. The molecule has 1 rings (SSSR count). The largest absolute Gasteiger partial charge is 0.396 e. The molecule has 6 heteroatoms. The average Bonchev–Trinajstić information content (AvgIpc) is 2.17. The number of anilines is 1. The van der Waals surface area contributed by atoms with E-state index < -0.39 is 15.7 Å². The number of nitrogen functional groups attached to an aromatic ring is 1. The van der Waals surface area contributed by atoms with Gasteiger partial charge in [0.05, 0.1) is 11.4 Å². The minimum absolute atomic E-state index is 0.130. The number of nitrogens with two attached hydrogens (primary N) is 1. The van der Waals surface area contributed by atoms with Crippen LogP contribution in [0.4, 0.5) is 10.1 Å². The molecule has 0 atom stereocenters. The van der Waals surface area contributed by atoms with E-state index in [2.05, 4.69) is 0 Å². The van der Waals surface area contributed by atoms with Crippen LogP contribution in [-0.2, 0) is 15.6 Å². The van der Waals surface area contributed by atoms with E-state index in [1.165, 1.54) is 30.2 Å². The Morgan fingerprint density at radius 3 is 2.69 bits per heavy atom. The van der Waals surface area contributed by atoms with Gasteiger partial charge in [-0.25, -0.2) is 12.8 Å². The van der Waals surface area contributed by atoms with Crippen molar-refractivity contribution in [3.63, 3.8) is 0 Å². The summed E-state index contributed by atoms with van der Waals surface area (Å²) in [6.07, 6.45) is 1.20. The van der Waals surface area contributed by atoms with Gasteiger partial charge in [-0.3, -0.25) is 0 Å². The number of hydrogen-bond acceptors (Lipinski definition) is 4. The fourth-order valence-electron chi connectivity index (χ4n) is 1.06. The fourth-order valence-corrected chi connectivity index (χ4v) is 3.30. The van der Waals surface area contributed by atoms with Crippen molar-refractivity contribution in [2.75, 3.05) is 23.5 Å². The number of rotatable bonds is 5. The van der Waals surface area contributed by atoms with E-state index in [1.54, 1.807) is 6.07 Å². The molecule has 0 saturated carbocycles.